The van der Waals surface area contributed by atoms with Crippen LogP contribution in [-0.2, 0) is 21.3 Å². The highest BCUT2D eigenvalue weighted by molar-refractivity contribution is 5.87. The van der Waals surface area contributed by atoms with Crippen molar-refractivity contribution in [1.29, 1.82) is 0 Å². The lowest BCUT2D eigenvalue weighted by Gasteiger charge is -2.55. The van der Waals surface area contributed by atoms with Crippen molar-refractivity contribution in [2.45, 2.75) is 99.0 Å². The fourth-order valence-electron chi connectivity index (χ4n) is 7.69. The Morgan fingerprint density at radius 2 is 1.77 bits per heavy atom. The first-order valence-electron chi connectivity index (χ1n) is 13.2. The molecular weight excluding hydrogens is 432 g/mol. The Morgan fingerprint density at radius 1 is 1.09 bits per heavy atom. The highest BCUT2D eigenvalue weighted by Crippen LogP contribution is 2.62. The number of benzene rings is 1. The molecule has 192 valence electrons. The maximum absolute atomic E-state index is 11.4. The number of rotatable bonds is 5. The summed E-state index contributed by atoms with van der Waals surface area (Å²) in [6.07, 6.45) is 11.6. The third kappa shape index (κ3) is 4.28. The molecule has 0 aliphatic heterocycles. The van der Waals surface area contributed by atoms with Crippen molar-refractivity contribution >= 4 is 11.6 Å². The van der Waals surface area contributed by atoms with E-state index >= 15 is 0 Å². The van der Waals surface area contributed by atoms with Gasteiger partial charge in [0.2, 0.25) is 0 Å². The molecule has 0 saturated carbocycles. The van der Waals surface area contributed by atoms with E-state index < -0.39 is 0 Å². The Balaban J connectivity index is 2.02. The summed E-state index contributed by atoms with van der Waals surface area (Å²) in [5.74, 6) is 1.22. The van der Waals surface area contributed by atoms with Crippen molar-refractivity contribution in [2.75, 3.05) is 14.2 Å². The Morgan fingerprint density at radius 3 is 2.37 bits per heavy atom. The number of methoxy groups -OCH3 is 2. The van der Waals surface area contributed by atoms with Crippen LogP contribution in [0.25, 0.3) is 11.6 Å². The summed E-state index contributed by atoms with van der Waals surface area (Å²) in [4.78, 5) is 0. The molecule has 0 heterocycles. The molecule has 1 aromatic carbocycles. The maximum Gasteiger partial charge on any atom is 0.125 e. The molecular formula is C32H46O3. The Kier molecular flexibility index (Phi) is 6.36. The smallest absolute Gasteiger partial charge is 0.125 e. The van der Waals surface area contributed by atoms with Crippen LogP contribution in [0.4, 0.5) is 0 Å². The minimum Gasteiger partial charge on any atom is -0.508 e. The highest BCUT2D eigenvalue weighted by atomic mass is 16.5. The summed E-state index contributed by atoms with van der Waals surface area (Å²) in [6.45, 7) is 19.1. The third-order valence-corrected chi connectivity index (χ3v) is 8.93. The first-order valence-corrected chi connectivity index (χ1v) is 13.2. The minimum atomic E-state index is -0.173. The van der Waals surface area contributed by atoms with Gasteiger partial charge in [-0.3, -0.25) is 0 Å². The molecule has 0 fully saturated rings. The van der Waals surface area contributed by atoms with Gasteiger partial charge < -0.3 is 14.6 Å². The fraction of sp³-hybridized carbons (Fsp3) is 0.625. The molecule has 2 unspecified atom stereocenters. The van der Waals surface area contributed by atoms with Crippen molar-refractivity contribution in [1.82, 2.24) is 0 Å². The predicted octanol–water partition coefficient (Wildman–Crippen LogP) is 8.20. The number of fused-ring (bicyclic) bond motifs is 4. The van der Waals surface area contributed by atoms with Gasteiger partial charge in [0.1, 0.15) is 17.6 Å². The zero-order valence-corrected chi connectivity index (χ0v) is 23.7. The van der Waals surface area contributed by atoms with Crippen LogP contribution in [-0.4, -0.2) is 25.4 Å². The topological polar surface area (TPSA) is 38.7 Å². The first-order chi connectivity index (χ1) is 16.1. The lowest BCUT2D eigenvalue weighted by Crippen LogP contribution is -2.47. The fourth-order valence-corrected chi connectivity index (χ4v) is 7.69. The van der Waals surface area contributed by atoms with E-state index in [0.29, 0.717) is 12.2 Å². The number of phenolic OH excluding ortho intramolecular Hbond substituents is 1. The van der Waals surface area contributed by atoms with Gasteiger partial charge in [-0.1, -0.05) is 67.5 Å². The quantitative estimate of drug-likeness (QED) is 0.463. The van der Waals surface area contributed by atoms with Crippen molar-refractivity contribution in [3.05, 3.63) is 51.8 Å². The second-order valence-electron chi connectivity index (χ2n) is 13.8. The number of allylic oxidation sites excluding steroid dienone is 4. The number of hydrogen-bond acceptors (Lipinski definition) is 3. The van der Waals surface area contributed by atoms with Gasteiger partial charge in [0, 0.05) is 24.5 Å². The van der Waals surface area contributed by atoms with Crippen molar-refractivity contribution < 1.29 is 14.6 Å². The third-order valence-electron chi connectivity index (χ3n) is 8.93. The van der Waals surface area contributed by atoms with Gasteiger partial charge in [0.25, 0.3) is 0 Å². The average molecular weight is 479 g/mol. The van der Waals surface area contributed by atoms with Gasteiger partial charge in [-0.25, -0.2) is 0 Å². The number of phenols is 1. The van der Waals surface area contributed by atoms with E-state index in [1.54, 1.807) is 14.2 Å². The normalized spacial score (nSPS) is 25.5. The van der Waals surface area contributed by atoms with Crippen LogP contribution in [0, 0.1) is 16.2 Å². The van der Waals surface area contributed by atoms with Gasteiger partial charge in [0.15, 0.2) is 0 Å². The van der Waals surface area contributed by atoms with E-state index in [2.05, 4.69) is 79.7 Å². The molecule has 4 rings (SSSR count). The van der Waals surface area contributed by atoms with Gasteiger partial charge in [-0.15, -0.1) is 0 Å². The summed E-state index contributed by atoms with van der Waals surface area (Å²) in [6, 6.07) is 2.10. The molecule has 3 heteroatoms. The van der Waals surface area contributed by atoms with Crippen LogP contribution in [0.15, 0.2) is 29.6 Å². The lowest BCUT2D eigenvalue weighted by molar-refractivity contribution is 0.0788. The number of aromatic hydroxyl groups is 1. The second kappa shape index (κ2) is 8.54. The Labute approximate surface area is 213 Å². The zero-order valence-electron chi connectivity index (χ0n) is 23.7. The average Bonchev–Trinajstić information content (AvgIpc) is 2.75. The van der Waals surface area contributed by atoms with Gasteiger partial charge in [-0.2, -0.15) is 0 Å². The molecule has 3 aliphatic carbocycles. The minimum absolute atomic E-state index is 0.0698. The first kappa shape index (κ1) is 26.1. The van der Waals surface area contributed by atoms with E-state index in [-0.39, 0.29) is 27.8 Å². The molecule has 3 nitrogen and oxygen atoms in total. The maximum atomic E-state index is 11.4. The standard InChI is InChI=1S/C32H46O3/c1-29(2,3)18-30(4,5)19-32(8)24-17-25(33)21-15-26(34-9)27(35-10)16-22(21)28(24)20-13-11-12-14-23(20)31(32,6)7/h12,14,16-17,26,33H,11,13,15,18-19H2,1-10H3. The molecule has 0 bridgehead atoms. The van der Waals surface area contributed by atoms with Crippen LogP contribution in [0.2, 0.25) is 0 Å². The zero-order chi connectivity index (χ0) is 26.0. The molecule has 35 heavy (non-hydrogen) atoms. The van der Waals surface area contributed by atoms with Gasteiger partial charge in [0.05, 0.1) is 7.11 Å². The molecule has 1 aromatic rings. The Hall–Kier alpha value is -2.00. The molecule has 3 aliphatic rings. The van der Waals surface area contributed by atoms with Crippen LogP contribution in [0.3, 0.4) is 0 Å². The van der Waals surface area contributed by atoms with Crippen molar-refractivity contribution in [3.8, 4) is 5.75 Å². The van der Waals surface area contributed by atoms with Crippen LogP contribution in [0.5, 0.6) is 5.75 Å². The summed E-state index contributed by atoms with van der Waals surface area (Å²) in [5.41, 5.74) is 7.79. The second-order valence-corrected chi connectivity index (χ2v) is 13.8. The van der Waals surface area contributed by atoms with E-state index in [9.17, 15) is 5.11 Å². The molecule has 2 atom stereocenters. The van der Waals surface area contributed by atoms with E-state index in [1.807, 2.05) is 0 Å². The molecule has 0 amide bonds. The summed E-state index contributed by atoms with van der Waals surface area (Å²) >= 11 is 0. The summed E-state index contributed by atoms with van der Waals surface area (Å²) in [7, 11) is 3.43. The predicted molar refractivity (Wildman–Crippen MR) is 146 cm³/mol. The Bertz CT molecular complexity index is 1110. The van der Waals surface area contributed by atoms with Crippen LogP contribution < -0.4 is 0 Å². The number of ether oxygens (including phenoxy) is 2. The molecule has 0 saturated heterocycles. The highest BCUT2D eigenvalue weighted by Gasteiger charge is 2.53. The lowest BCUT2D eigenvalue weighted by atomic mass is 9.49. The van der Waals surface area contributed by atoms with Crippen molar-refractivity contribution in [3.63, 3.8) is 0 Å². The molecule has 1 N–H and O–H groups in total. The molecule has 0 aromatic heterocycles. The van der Waals surface area contributed by atoms with Crippen molar-refractivity contribution in [2.24, 2.45) is 16.2 Å². The summed E-state index contributed by atoms with van der Waals surface area (Å²) < 4.78 is 11.5. The monoisotopic (exact) mass is 478 g/mol. The van der Waals surface area contributed by atoms with E-state index in [4.69, 9.17) is 9.47 Å². The number of hydrogen-bond donors (Lipinski definition) is 1. The van der Waals surface area contributed by atoms with Gasteiger partial charge >= 0.3 is 0 Å². The van der Waals surface area contributed by atoms with E-state index in [1.165, 1.54) is 22.3 Å². The molecule has 0 radical (unpaired) electrons. The van der Waals surface area contributed by atoms with Crippen LogP contribution >= 0.6 is 0 Å². The van der Waals surface area contributed by atoms with Gasteiger partial charge in [-0.05, 0) is 81.9 Å². The van der Waals surface area contributed by atoms with Crippen LogP contribution in [0.1, 0.15) is 103 Å². The largest absolute Gasteiger partial charge is 0.508 e. The SMILES string of the molecule is COC1=Cc2c(c(O)cc3c2C2=C(C=CCC2)C(C)(C)C3(C)CC(C)(C)CC(C)(C)C)CC1OC. The van der Waals surface area contributed by atoms with E-state index in [0.717, 1.165) is 42.6 Å². The summed E-state index contributed by atoms with van der Waals surface area (Å²) in [5, 5.41) is 11.4. The molecule has 0 spiro atoms.